The molecule has 2 fully saturated rings. The van der Waals surface area contributed by atoms with E-state index in [0.717, 1.165) is 4.57 Å². The summed E-state index contributed by atoms with van der Waals surface area (Å²) in [5.41, 5.74) is -0.957. The van der Waals surface area contributed by atoms with E-state index in [9.17, 15) is 9.59 Å². The second-order valence-electron chi connectivity index (χ2n) is 9.89. The highest BCUT2D eigenvalue weighted by atomic mass is 28.4. The molecule has 0 unspecified atom stereocenters. The second kappa shape index (κ2) is 7.99. The van der Waals surface area contributed by atoms with E-state index in [1.54, 1.807) is 0 Å². The van der Waals surface area contributed by atoms with Crippen LogP contribution in [0.3, 0.4) is 0 Å². The molecule has 1 aromatic heterocycles. The minimum absolute atomic E-state index is 0.0588. The zero-order valence-electron chi connectivity index (χ0n) is 19.1. The molecule has 1 aromatic rings. The van der Waals surface area contributed by atoms with Gasteiger partial charge in [-0.2, -0.15) is 0 Å². The summed E-state index contributed by atoms with van der Waals surface area (Å²) in [7, 11) is -0.572. The van der Waals surface area contributed by atoms with Gasteiger partial charge in [0.15, 0.2) is 20.3 Å². The van der Waals surface area contributed by atoms with Gasteiger partial charge in [-0.15, -0.1) is 0 Å². The third-order valence-electron chi connectivity index (χ3n) is 6.17. The number of hydrogen-bond donors (Lipinski definition) is 0. The van der Waals surface area contributed by atoms with Gasteiger partial charge in [-0.25, -0.2) is 9.36 Å². The summed E-state index contributed by atoms with van der Waals surface area (Å²) in [6.45, 7) is 14.8. The van der Waals surface area contributed by atoms with Gasteiger partial charge >= 0.3 is 5.69 Å². The average Bonchev–Trinajstić information content (AvgIpc) is 3.09. The summed E-state index contributed by atoms with van der Waals surface area (Å²) >= 11 is 0. The molecule has 3 rings (SSSR count). The molecule has 0 bridgehead atoms. The normalized spacial score (nSPS) is 28.7. The van der Waals surface area contributed by atoms with Crippen LogP contribution in [-0.2, 0) is 30.1 Å². The van der Waals surface area contributed by atoms with Crippen LogP contribution in [-0.4, -0.2) is 55.3 Å². The Morgan fingerprint density at radius 2 is 1.80 bits per heavy atom. The lowest BCUT2D eigenvalue weighted by Crippen LogP contribution is -2.44. The van der Waals surface area contributed by atoms with E-state index < -0.39 is 43.8 Å². The van der Waals surface area contributed by atoms with Gasteiger partial charge in [0, 0.05) is 19.4 Å². The molecule has 0 N–H and O–H groups in total. The first kappa shape index (κ1) is 23.4. The van der Waals surface area contributed by atoms with Crippen molar-refractivity contribution in [2.45, 2.75) is 89.8 Å². The maximum absolute atomic E-state index is 12.9. The van der Waals surface area contributed by atoms with Gasteiger partial charge in [-0.05, 0) is 32.0 Å². The van der Waals surface area contributed by atoms with Gasteiger partial charge in [0.1, 0.15) is 25.0 Å². The Labute approximate surface area is 178 Å². The Hall–Kier alpha value is -1.30. The molecular weight excluding hydrogens is 408 g/mol. The van der Waals surface area contributed by atoms with E-state index >= 15 is 0 Å². The molecule has 3 heterocycles. The predicted molar refractivity (Wildman–Crippen MR) is 113 cm³/mol. The first-order valence-corrected chi connectivity index (χ1v) is 13.1. The second-order valence-corrected chi connectivity index (χ2v) is 14.7. The molecule has 0 spiro atoms. The van der Waals surface area contributed by atoms with E-state index in [0.29, 0.717) is 6.61 Å². The van der Waals surface area contributed by atoms with Crippen molar-refractivity contribution in [3.8, 4) is 0 Å². The van der Waals surface area contributed by atoms with E-state index in [-0.39, 0.29) is 17.9 Å². The third kappa shape index (κ3) is 4.34. The van der Waals surface area contributed by atoms with Crippen LogP contribution in [0.1, 0.15) is 40.8 Å². The maximum atomic E-state index is 12.9. The molecule has 2 aliphatic rings. The Morgan fingerprint density at radius 3 is 2.40 bits per heavy atom. The number of fused-ring (bicyclic) bond motifs is 1. The SMILES string of the molecule is COCn1c(=O)ccn([C@@H]2O[C@H](CO[Si](C)(C)C(C)(C)C)[C@H]3OC(C)(C)O[C@H]32)c1=O. The molecule has 2 aliphatic heterocycles. The Kier molecular flexibility index (Phi) is 6.22. The van der Waals surface area contributed by atoms with E-state index in [1.165, 1.54) is 23.9 Å². The predicted octanol–water partition coefficient (Wildman–Crippen LogP) is 2.05. The van der Waals surface area contributed by atoms with Crippen LogP contribution in [0.2, 0.25) is 18.1 Å². The number of ether oxygens (including phenoxy) is 4. The maximum Gasteiger partial charge on any atom is 0.335 e. The largest absolute Gasteiger partial charge is 0.414 e. The van der Waals surface area contributed by atoms with Gasteiger partial charge in [-0.3, -0.25) is 9.36 Å². The molecule has 0 amide bonds. The quantitative estimate of drug-likeness (QED) is 0.623. The molecule has 170 valence electrons. The molecule has 0 aliphatic carbocycles. The van der Waals surface area contributed by atoms with Crippen molar-refractivity contribution in [3.05, 3.63) is 33.1 Å². The Bertz CT molecular complexity index is 886. The lowest BCUT2D eigenvalue weighted by Gasteiger charge is -2.37. The monoisotopic (exact) mass is 442 g/mol. The molecule has 2 saturated heterocycles. The van der Waals surface area contributed by atoms with Gasteiger partial charge < -0.3 is 23.4 Å². The van der Waals surface area contributed by atoms with Crippen molar-refractivity contribution < 1.29 is 23.4 Å². The molecule has 0 saturated carbocycles. The van der Waals surface area contributed by atoms with Gasteiger partial charge in [0.2, 0.25) is 0 Å². The molecule has 4 atom stereocenters. The van der Waals surface area contributed by atoms with Crippen molar-refractivity contribution in [3.63, 3.8) is 0 Å². The van der Waals surface area contributed by atoms with E-state index in [1.807, 2.05) is 13.8 Å². The van der Waals surface area contributed by atoms with Gasteiger partial charge in [-0.1, -0.05) is 20.8 Å². The summed E-state index contributed by atoms with van der Waals surface area (Å²) in [5.74, 6) is -0.808. The van der Waals surface area contributed by atoms with E-state index in [2.05, 4.69) is 33.9 Å². The highest BCUT2D eigenvalue weighted by Crippen LogP contribution is 2.43. The van der Waals surface area contributed by atoms with Crippen LogP contribution >= 0.6 is 0 Å². The summed E-state index contributed by atoms with van der Waals surface area (Å²) < 4.78 is 32.2. The first-order chi connectivity index (χ1) is 13.8. The fourth-order valence-electron chi connectivity index (χ4n) is 3.50. The summed E-state index contributed by atoms with van der Waals surface area (Å²) in [6, 6.07) is 1.32. The zero-order valence-corrected chi connectivity index (χ0v) is 20.1. The third-order valence-corrected chi connectivity index (χ3v) is 10.7. The van der Waals surface area contributed by atoms with Crippen LogP contribution in [0.15, 0.2) is 21.9 Å². The number of hydrogen-bond acceptors (Lipinski definition) is 7. The van der Waals surface area contributed by atoms with Crippen LogP contribution in [0, 0.1) is 0 Å². The average molecular weight is 443 g/mol. The highest BCUT2D eigenvalue weighted by molar-refractivity contribution is 6.74. The smallest absolute Gasteiger partial charge is 0.335 e. The molecule has 10 heteroatoms. The molecule has 0 radical (unpaired) electrons. The van der Waals surface area contributed by atoms with Crippen LogP contribution in [0.5, 0.6) is 0 Å². The summed E-state index contributed by atoms with van der Waals surface area (Å²) in [5, 5.41) is 0.0588. The van der Waals surface area contributed by atoms with Crippen molar-refractivity contribution in [2.24, 2.45) is 0 Å². The first-order valence-electron chi connectivity index (χ1n) is 10.2. The zero-order chi connectivity index (χ0) is 22.5. The number of aromatic nitrogens is 2. The summed E-state index contributed by atoms with van der Waals surface area (Å²) in [4.78, 5) is 25.0. The highest BCUT2D eigenvalue weighted by Gasteiger charge is 2.56. The van der Waals surface area contributed by atoms with Crippen molar-refractivity contribution in [2.75, 3.05) is 13.7 Å². The fourth-order valence-corrected chi connectivity index (χ4v) is 4.51. The van der Waals surface area contributed by atoms with Crippen LogP contribution in [0.4, 0.5) is 0 Å². The van der Waals surface area contributed by atoms with Crippen LogP contribution < -0.4 is 11.2 Å². The number of nitrogens with zero attached hydrogens (tertiary/aromatic N) is 2. The molecular formula is C20H34N2O7Si. The fraction of sp³-hybridized carbons (Fsp3) is 0.800. The van der Waals surface area contributed by atoms with Crippen LogP contribution in [0.25, 0.3) is 0 Å². The van der Waals surface area contributed by atoms with Gasteiger partial charge in [0.25, 0.3) is 5.56 Å². The Balaban J connectivity index is 1.90. The lowest BCUT2D eigenvalue weighted by atomic mass is 10.1. The molecule has 30 heavy (non-hydrogen) atoms. The Morgan fingerprint density at radius 1 is 1.17 bits per heavy atom. The van der Waals surface area contributed by atoms with Gasteiger partial charge in [0.05, 0.1) is 6.61 Å². The summed E-state index contributed by atoms with van der Waals surface area (Å²) in [6.07, 6.45) is -0.583. The van der Waals surface area contributed by atoms with Crippen molar-refractivity contribution in [1.29, 1.82) is 0 Å². The standard InChI is InChI=1S/C20H34N2O7Si/c1-19(2,3)30(7,8)26-11-13-15-16(29-20(4,5)28-15)17(27-13)21-10-9-14(23)22(12-25-6)18(21)24/h9-10,13,15-17H,11-12H2,1-8H3/t13-,15-,16-,17-/m1/s1. The molecule has 9 nitrogen and oxygen atoms in total. The molecule has 0 aromatic carbocycles. The minimum Gasteiger partial charge on any atom is -0.414 e. The van der Waals surface area contributed by atoms with Crippen molar-refractivity contribution >= 4 is 8.32 Å². The van der Waals surface area contributed by atoms with E-state index in [4.69, 9.17) is 23.4 Å². The number of rotatable bonds is 6. The number of methoxy groups -OCH3 is 1. The topological polar surface area (TPSA) is 90.2 Å². The van der Waals surface area contributed by atoms with Crippen molar-refractivity contribution in [1.82, 2.24) is 9.13 Å². The lowest BCUT2D eigenvalue weighted by molar-refractivity contribution is -0.200. The minimum atomic E-state index is -2.00.